The Balaban J connectivity index is 2.16. The lowest BCUT2D eigenvalue weighted by Crippen LogP contribution is -2.23. The molecule has 1 aromatic heterocycles. The lowest BCUT2D eigenvalue weighted by molar-refractivity contribution is -0.143. The molecule has 3 aromatic rings. The van der Waals surface area contributed by atoms with Crippen LogP contribution in [0.4, 0.5) is 4.39 Å². The molecule has 1 amide bonds. The summed E-state index contributed by atoms with van der Waals surface area (Å²) in [5, 5.41) is -0.0153. The van der Waals surface area contributed by atoms with E-state index in [4.69, 9.17) is 16.3 Å². The predicted octanol–water partition coefficient (Wildman–Crippen LogP) is 4.42. The van der Waals surface area contributed by atoms with Crippen molar-refractivity contribution in [2.24, 2.45) is 4.99 Å². The standard InChI is InChI=1S/C20H18ClFN2O3S/c1-4-27-18(25)10-24-16-7-11(2)12(3)8-17(16)28-20(24)23-19(26)14-6-5-13(22)9-15(14)21/h5-9H,4,10H2,1-3H3. The number of ether oxygens (including phenoxy) is 1. The summed E-state index contributed by atoms with van der Waals surface area (Å²) >= 11 is 7.27. The molecule has 0 spiro atoms. The molecule has 0 N–H and O–H groups in total. The first-order chi connectivity index (χ1) is 13.3. The van der Waals surface area contributed by atoms with Crippen molar-refractivity contribution in [3.63, 3.8) is 0 Å². The van der Waals surface area contributed by atoms with E-state index in [1.807, 2.05) is 26.0 Å². The van der Waals surface area contributed by atoms with Crippen LogP contribution in [0.5, 0.6) is 0 Å². The summed E-state index contributed by atoms with van der Waals surface area (Å²) in [6.07, 6.45) is 0. The second-order valence-electron chi connectivity index (χ2n) is 6.22. The molecule has 3 rings (SSSR count). The van der Waals surface area contributed by atoms with Crippen LogP contribution in [0.25, 0.3) is 10.2 Å². The van der Waals surface area contributed by atoms with E-state index in [0.717, 1.165) is 33.5 Å². The number of fused-ring (bicyclic) bond motifs is 1. The number of nitrogens with zero attached hydrogens (tertiary/aromatic N) is 2. The minimum Gasteiger partial charge on any atom is -0.465 e. The number of carbonyl (C=O) groups excluding carboxylic acids is 2. The van der Waals surface area contributed by atoms with Crippen LogP contribution in [-0.4, -0.2) is 23.1 Å². The quantitative estimate of drug-likeness (QED) is 0.587. The highest BCUT2D eigenvalue weighted by Gasteiger charge is 2.15. The first kappa shape index (κ1) is 20.2. The topological polar surface area (TPSA) is 60.7 Å². The Labute approximate surface area is 170 Å². The highest BCUT2D eigenvalue weighted by molar-refractivity contribution is 7.16. The fourth-order valence-electron chi connectivity index (χ4n) is 2.71. The van der Waals surface area contributed by atoms with Gasteiger partial charge in [0.1, 0.15) is 12.4 Å². The molecule has 2 aromatic carbocycles. The van der Waals surface area contributed by atoms with Gasteiger partial charge in [-0.05, 0) is 62.2 Å². The van der Waals surface area contributed by atoms with Crippen molar-refractivity contribution in [2.75, 3.05) is 6.61 Å². The zero-order chi connectivity index (χ0) is 20.4. The number of rotatable bonds is 4. The Morgan fingerprint density at radius 2 is 1.93 bits per heavy atom. The fourth-order valence-corrected chi connectivity index (χ4v) is 4.06. The zero-order valence-electron chi connectivity index (χ0n) is 15.6. The van der Waals surface area contributed by atoms with Gasteiger partial charge in [0.15, 0.2) is 4.80 Å². The smallest absolute Gasteiger partial charge is 0.326 e. The van der Waals surface area contributed by atoms with E-state index in [2.05, 4.69) is 4.99 Å². The number of hydrogen-bond donors (Lipinski definition) is 0. The molecule has 0 atom stereocenters. The lowest BCUT2D eigenvalue weighted by atomic mass is 10.1. The summed E-state index contributed by atoms with van der Waals surface area (Å²) in [6.45, 7) is 5.88. The Kier molecular flexibility index (Phi) is 5.96. The maximum Gasteiger partial charge on any atom is 0.326 e. The number of carbonyl (C=O) groups is 2. The SMILES string of the molecule is CCOC(=O)Cn1c(=NC(=O)c2ccc(F)cc2Cl)sc2cc(C)c(C)cc21. The van der Waals surface area contributed by atoms with Gasteiger partial charge >= 0.3 is 5.97 Å². The van der Waals surface area contributed by atoms with Crippen molar-refractivity contribution in [2.45, 2.75) is 27.3 Å². The van der Waals surface area contributed by atoms with Gasteiger partial charge in [0, 0.05) is 0 Å². The summed E-state index contributed by atoms with van der Waals surface area (Å²) in [5.41, 5.74) is 3.03. The van der Waals surface area contributed by atoms with E-state index >= 15 is 0 Å². The first-order valence-corrected chi connectivity index (χ1v) is 9.80. The Morgan fingerprint density at radius 1 is 1.21 bits per heavy atom. The summed E-state index contributed by atoms with van der Waals surface area (Å²) in [7, 11) is 0. The van der Waals surface area contributed by atoms with Crippen LogP contribution >= 0.6 is 22.9 Å². The molecule has 0 aliphatic rings. The van der Waals surface area contributed by atoms with Crippen LogP contribution in [0.15, 0.2) is 35.3 Å². The molecule has 0 unspecified atom stereocenters. The third-order valence-electron chi connectivity index (χ3n) is 4.25. The maximum absolute atomic E-state index is 13.3. The van der Waals surface area contributed by atoms with Gasteiger partial charge in [-0.1, -0.05) is 22.9 Å². The highest BCUT2D eigenvalue weighted by Crippen LogP contribution is 2.23. The molecule has 8 heteroatoms. The van der Waals surface area contributed by atoms with E-state index in [0.29, 0.717) is 4.80 Å². The summed E-state index contributed by atoms with van der Waals surface area (Å²) in [5.74, 6) is -1.57. The zero-order valence-corrected chi connectivity index (χ0v) is 17.2. The van der Waals surface area contributed by atoms with E-state index in [1.165, 1.54) is 17.4 Å². The summed E-state index contributed by atoms with van der Waals surface area (Å²) in [4.78, 5) is 29.2. The number of aryl methyl sites for hydroxylation is 2. The van der Waals surface area contributed by atoms with Crippen molar-refractivity contribution in [1.82, 2.24) is 4.57 Å². The van der Waals surface area contributed by atoms with Crippen LogP contribution in [-0.2, 0) is 16.1 Å². The Morgan fingerprint density at radius 3 is 2.61 bits per heavy atom. The monoisotopic (exact) mass is 420 g/mol. The molecule has 0 aliphatic heterocycles. The van der Waals surface area contributed by atoms with Crippen LogP contribution in [0, 0.1) is 19.7 Å². The van der Waals surface area contributed by atoms with Crippen LogP contribution in [0.2, 0.25) is 5.02 Å². The van der Waals surface area contributed by atoms with Gasteiger partial charge in [-0.3, -0.25) is 9.59 Å². The number of benzene rings is 2. The van der Waals surface area contributed by atoms with Gasteiger partial charge in [0.2, 0.25) is 0 Å². The van der Waals surface area contributed by atoms with Gasteiger partial charge in [0.25, 0.3) is 5.91 Å². The molecule has 0 saturated heterocycles. The Hall–Kier alpha value is -2.51. The molecular formula is C20H18ClFN2O3S. The second-order valence-corrected chi connectivity index (χ2v) is 7.64. The molecule has 146 valence electrons. The van der Waals surface area contributed by atoms with Gasteiger partial charge in [-0.25, -0.2) is 4.39 Å². The van der Waals surface area contributed by atoms with Crippen LogP contribution in [0.1, 0.15) is 28.4 Å². The molecule has 5 nitrogen and oxygen atoms in total. The first-order valence-electron chi connectivity index (χ1n) is 8.60. The van der Waals surface area contributed by atoms with Crippen molar-refractivity contribution in [3.8, 4) is 0 Å². The second kappa shape index (κ2) is 8.24. The molecule has 0 saturated carbocycles. The van der Waals surface area contributed by atoms with Gasteiger partial charge in [0.05, 0.1) is 27.4 Å². The Bertz CT molecular complexity index is 1150. The van der Waals surface area contributed by atoms with Gasteiger partial charge < -0.3 is 9.30 Å². The number of amides is 1. The minimum absolute atomic E-state index is 0.0153. The maximum atomic E-state index is 13.3. The molecule has 1 heterocycles. The molecule has 0 bridgehead atoms. The van der Waals surface area contributed by atoms with Gasteiger partial charge in [-0.2, -0.15) is 4.99 Å². The van der Waals surface area contributed by atoms with Gasteiger partial charge in [-0.15, -0.1) is 0 Å². The summed E-state index contributed by atoms with van der Waals surface area (Å²) < 4.78 is 20.8. The number of esters is 1. The lowest BCUT2D eigenvalue weighted by Gasteiger charge is -2.06. The largest absolute Gasteiger partial charge is 0.465 e. The normalized spacial score (nSPS) is 11.8. The molecule has 28 heavy (non-hydrogen) atoms. The van der Waals surface area contributed by atoms with Crippen molar-refractivity contribution < 1.29 is 18.7 Å². The third-order valence-corrected chi connectivity index (χ3v) is 5.60. The third kappa shape index (κ3) is 4.15. The number of halogens is 2. The number of thiazole rings is 1. The molecule has 0 fully saturated rings. The molecule has 0 radical (unpaired) electrons. The van der Waals surface area contributed by atoms with Crippen molar-refractivity contribution in [3.05, 3.63) is 62.7 Å². The molecular weight excluding hydrogens is 403 g/mol. The fraction of sp³-hybridized carbons (Fsp3) is 0.250. The predicted molar refractivity (Wildman–Crippen MR) is 107 cm³/mol. The van der Waals surface area contributed by atoms with E-state index in [-0.39, 0.29) is 23.7 Å². The van der Waals surface area contributed by atoms with E-state index in [9.17, 15) is 14.0 Å². The van der Waals surface area contributed by atoms with Crippen molar-refractivity contribution in [1.29, 1.82) is 0 Å². The molecule has 0 aliphatic carbocycles. The van der Waals surface area contributed by atoms with Crippen LogP contribution in [0.3, 0.4) is 0 Å². The average Bonchev–Trinajstić information content (AvgIpc) is 2.92. The van der Waals surface area contributed by atoms with E-state index < -0.39 is 17.7 Å². The van der Waals surface area contributed by atoms with E-state index in [1.54, 1.807) is 11.5 Å². The summed E-state index contributed by atoms with van der Waals surface area (Å²) in [6, 6.07) is 7.45. The minimum atomic E-state index is -0.609. The highest BCUT2D eigenvalue weighted by atomic mass is 35.5. The number of hydrogen-bond acceptors (Lipinski definition) is 4. The number of aromatic nitrogens is 1. The van der Waals surface area contributed by atoms with Crippen LogP contribution < -0.4 is 4.80 Å². The average molecular weight is 421 g/mol. The van der Waals surface area contributed by atoms with Crippen molar-refractivity contribution >= 4 is 45.0 Å².